The third-order valence-electron chi connectivity index (χ3n) is 3.97. The molecule has 0 saturated heterocycles. The molecule has 6 heteroatoms. The minimum absolute atomic E-state index is 0.0428. The van der Waals surface area contributed by atoms with Gasteiger partial charge in [-0.1, -0.05) is 31.5 Å². The van der Waals surface area contributed by atoms with Crippen molar-refractivity contribution in [1.82, 2.24) is 4.57 Å². The molecule has 1 aromatic heterocycles. The number of pyridine rings is 1. The summed E-state index contributed by atoms with van der Waals surface area (Å²) in [7, 11) is 0. The molecule has 130 valence electrons. The summed E-state index contributed by atoms with van der Waals surface area (Å²) in [4.78, 5) is 16.1. The lowest BCUT2D eigenvalue weighted by Crippen LogP contribution is -2.21. The van der Waals surface area contributed by atoms with Crippen LogP contribution in [0.2, 0.25) is 0 Å². The van der Waals surface area contributed by atoms with Crippen LogP contribution in [-0.2, 0) is 6.54 Å². The van der Waals surface area contributed by atoms with Crippen molar-refractivity contribution in [3.8, 4) is 5.88 Å². The molecule has 0 unspecified atom stereocenters. The number of benzene rings is 1. The Morgan fingerprint density at radius 2 is 1.84 bits per heavy atom. The van der Waals surface area contributed by atoms with E-state index in [1.165, 1.54) is 4.57 Å². The number of azo groups is 1. The minimum Gasteiger partial charge on any atom is -0.503 e. The highest BCUT2D eigenvalue weighted by atomic mass is 16.3. The molecule has 6 nitrogen and oxygen atoms in total. The third-order valence-corrected chi connectivity index (χ3v) is 3.97. The Bertz CT molecular complexity index is 888. The van der Waals surface area contributed by atoms with Crippen LogP contribution in [-0.4, -0.2) is 9.67 Å². The second-order valence-electron chi connectivity index (χ2n) is 6.43. The minimum atomic E-state index is -0.432. The van der Waals surface area contributed by atoms with Crippen LogP contribution >= 0.6 is 0 Å². The predicted octanol–water partition coefficient (Wildman–Crippen LogP) is 5.18. The predicted molar refractivity (Wildman–Crippen MR) is 98.2 cm³/mol. The lowest BCUT2D eigenvalue weighted by molar-refractivity contribution is 0.393. The number of nitrogens with zero attached hydrogens (tertiary/aromatic N) is 4. The average molecular weight is 338 g/mol. The van der Waals surface area contributed by atoms with E-state index in [4.69, 9.17) is 6.57 Å². The summed E-state index contributed by atoms with van der Waals surface area (Å²) in [5.41, 5.74) is 1.77. The van der Waals surface area contributed by atoms with Gasteiger partial charge in [0, 0.05) is 6.54 Å². The first-order chi connectivity index (χ1) is 11.8. The molecule has 2 aromatic rings. The molecule has 0 aliphatic carbocycles. The summed E-state index contributed by atoms with van der Waals surface area (Å²) in [5, 5.41) is 18.5. The van der Waals surface area contributed by atoms with Crippen LogP contribution in [0, 0.1) is 26.3 Å². The highest BCUT2D eigenvalue weighted by Gasteiger charge is 2.19. The molecule has 1 heterocycles. The number of aryl methyl sites for hydroxylation is 1. The molecule has 0 atom stereocenters. The molecule has 1 N–H and O–H groups in total. The van der Waals surface area contributed by atoms with Gasteiger partial charge in [-0.3, -0.25) is 9.36 Å². The van der Waals surface area contributed by atoms with Crippen LogP contribution in [0.3, 0.4) is 0 Å². The third kappa shape index (κ3) is 4.13. The molecule has 0 radical (unpaired) electrons. The Labute approximate surface area is 147 Å². The van der Waals surface area contributed by atoms with Gasteiger partial charge in [0.2, 0.25) is 5.69 Å². The zero-order chi connectivity index (χ0) is 18.6. The van der Waals surface area contributed by atoms with Crippen LogP contribution in [0.15, 0.2) is 39.3 Å². The zero-order valence-electron chi connectivity index (χ0n) is 14.9. The van der Waals surface area contributed by atoms with Crippen LogP contribution in [0.25, 0.3) is 4.85 Å². The summed E-state index contributed by atoms with van der Waals surface area (Å²) in [6.45, 7) is 15.3. The maximum atomic E-state index is 12.7. The van der Waals surface area contributed by atoms with Crippen molar-refractivity contribution in [3.63, 3.8) is 0 Å². The van der Waals surface area contributed by atoms with Crippen LogP contribution in [0.5, 0.6) is 5.88 Å². The van der Waals surface area contributed by atoms with Crippen LogP contribution < -0.4 is 5.56 Å². The van der Waals surface area contributed by atoms with E-state index in [1.54, 1.807) is 6.92 Å². The number of rotatable bonds is 5. The first-order valence-electron chi connectivity index (χ1n) is 8.17. The van der Waals surface area contributed by atoms with E-state index in [0.29, 0.717) is 30.1 Å². The number of hydrogen-bond acceptors (Lipinski definition) is 4. The highest BCUT2D eigenvalue weighted by molar-refractivity contribution is 5.67. The topological polar surface area (TPSA) is 71.3 Å². The van der Waals surface area contributed by atoms with Crippen molar-refractivity contribution in [3.05, 3.63) is 57.2 Å². The summed E-state index contributed by atoms with van der Waals surface area (Å²) in [6, 6.07) is 7.43. The molecule has 1 aromatic carbocycles. The molecule has 0 saturated carbocycles. The molecule has 25 heavy (non-hydrogen) atoms. The Morgan fingerprint density at radius 1 is 1.20 bits per heavy atom. The fourth-order valence-corrected chi connectivity index (χ4v) is 2.36. The van der Waals surface area contributed by atoms with E-state index >= 15 is 0 Å². The van der Waals surface area contributed by atoms with Crippen molar-refractivity contribution < 1.29 is 5.11 Å². The fourth-order valence-electron chi connectivity index (χ4n) is 2.36. The van der Waals surface area contributed by atoms with Gasteiger partial charge in [-0.2, -0.15) is 5.11 Å². The highest BCUT2D eigenvalue weighted by Crippen LogP contribution is 2.34. The summed E-state index contributed by atoms with van der Waals surface area (Å²) >= 11 is 0. The molecule has 2 rings (SSSR count). The molecular weight excluding hydrogens is 316 g/mol. The Kier molecular flexibility index (Phi) is 5.71. The van der Waals surface area contributed by atoms with Crippen molar-refractivity contribution in [2.45, 2.75) is 40.7 Å². The second-order valence-corrected chi connectivity index (χ2v) is 6.43. The fraction of sp³-hybridized carbons (Fsp3) is 0.368. The van der Waals surface area contributed by atoms with Gasteiger partial charge in [-0.15, -0.1) is 5.11 Å². The van der Waals surface area contributed by atoms with Gasteiger partial charge in [0.05, 0.1) is 12.3 Å². The van der Waals surface area contributed by atoms with Gasteiger partial charge in [0.1, 0.15) is 5.69 Å². The maximum Gasteiger partial charge on any atom is 0.279 e. The molecule has 0 aliphatic rings. The van der Waals surface area contributed by atoms with Crippen molar-refractivity contribution >= 4 is 17.1 Å². The number of aromatic nitrogens is 1. The Morgan fingerprint density at radius 3 is 2.40 bits per heavy atom. The lowest BCUT2D eigenvalue weighted by atomic mass is 10.1. The summed E-state index contributed by atoms with van der Waals surface area (Å²) in [6.07, 6.45) is 0.711. The van der Waals surface area contributed by atoms with E-state index in [9.17, 15) is 9.90 Å². The first-order valence-corrected chi connectivity index (χ1v) is 8.17. The van der Waals surface area contributed by atoms with E-state index in [1.807, 2.05) is 45.0 Å². The lowest BCUT2D eigenvalue weighted by Gasteiger charge is -2.14. The molecular formula is C19H22N4O2. The Balaban J connectivity index is 2.53. The normalized spacial score (nSPS) is 11.2. The SMILES string of the molecule is [C-]#[N+]c1c(C)c(N=Nc2ccc(C)cc2)c(=O)n(CCC(C)C)c1O. The smallest absolute Gasteiger partial charge is 0.279 e. The van der Waals surface area contributed by atoms with Crippen molar-refractivity contribution in [1.29, 1.82) is 0 Å². The van der Waals surface area contributed by atoms with E-state index in [2.05, 4.69) is 15.1 Å². The van der Waals surface area contributed by atoms with Gasteiger partial charge in [-0.25, -0.2) is 4.85 Å². The molecule has 0 spiro atoms. The monoisotopic (exact) mass is 338 g/mol. The molecule has 0 aliphatic heterocycles. The second kappa shape index (κ2) is 7.75. The van der Waals surface area contributed by atoms with Crippen LogP contribution in [0.1, 0.15) is 31.4 Å². The van der Waals surface area contributed by atoms with Crippen molar-refractivity contribution in [2.75, 3.05) is 0 Å². The largest absolute Gasteiger partial charge is 0.503 e. The van der Waals surface area contributed by atoms with Gasteiger partial charge in [0.25, 0.3) is 5.56 Å². The van der Waals surface area contributed by atoms with Gasteiger partial charge >= 0.3 is 0 Å². The summed E-state index contributed by atoms with van der Waals surface area (Å²) < 4.78 is 1.21. The Hall–Kier alpha value is -2.94. The van der Waals surface area contributed by atoms with Gasteiger partial charge in [0.15, 0.2) is 5.88 Å². The standard InChI is InChI=1S/C19H22N4O2/c1-12(2)10-11-23-18(24)16(20-5)14(4)17(19(23)25)22-21-15-8-6-13(3)7-9-15/h6-9,12,24H,10-11H2,1-4H3. The molecule has 0 amide bonds. The molecule has 0 bridgehead atoms. The maximum absolute atomic E-state index is 12.7. The van der Waals surface area contributed by atoms with E-state index < -0.39 is 5.56 Å². The quantitative estimate of drug-likeness (QED) is 0.602. The zero-order valence-corrected chi connectivity index (χ0v) is 14.9. The molecule has 0 fully saturated rings. The van der Waals surface area contributed by atoms with E-state index in [-0.39, 0.29) is 17.3 Å². The van der Waals surface area contributed by atoms with E-state index in [0.717, 1.165) is 5.56 Å². The number of hydrogen-bond donors (Lipinski definition) is 1. The van der Waals surface area contributed by atoms with Crippen molar-refractivity contribution in [2.24, 2.45) is 16.1 Å². The number of aromatic hydroxyl groups is 1. The van der Waals surface area contributed by atoms with Crippen LogP contribution in [0.4, 0.5) is 17.1 Å². The average Bonchev–Trinajstić information content (AvgIpc) is 2.56. The van der Waals surface area contributed by atoms with Gasteiger partial charge < -0.3 is 5.11 Å². The van der Waals surface area contributed by atoms with Gasteiger partial charge in [-0.05, 0) is 43.9 Å². The summed E-state index contributed by atoms with van der Waals surface area (Å²) in [5.74, 6) is 0.0639. The first kappa shape index (κ1) is 18.4.